The molecule has 0 atom stereocenters. The molecule has 0 spiro atoms. The van der Waals surface area contributed by atoms with Crippen LogP contribution in [-0.4, -0.2) is 25.3 Å². The topological polar surface area (TPSA) is 62.1 Å². The van der Waals surface area contributed by atoms with E-state index in [2.05, 4.69) is 11.4 Å². The molecule has 5 heteroatoms. The molecule has 0 saturated heterocycles. The summed E-state index contributed by atoms with van der Waals surface area (Å²) in [4.78, 5) is 11.3. The van der Waals surface area contributed by atoms with Crippen molar-refractivity contribution in [1.29, 1.82) is 5.26 Å². The number of ether oxygens (including phenoxy) is 1. The van der Waals surface area contributed by atoms with Crippen LogP contribution in [0.15, 0.2) is 18.2 Å². The number of nitrogens with one attached hydrogen (secondary N) is 1. The Hall–Kier alpha value is -1.67. The molecule has 1 rings (SSSR count). The third kappa shape index (κ3) is 4.30. The van der Waals surface area contributed by atoms with Crippen molar-refractivity contribution in [2.75, 3.05) is 19.4 Å². The molecule has 4 nitrogen and oxygen atoms in total. The highest BCUT2D eigenvalue weighted by Gasteiger charge is 2.05. The van der Waals surface area contributed by atoms with Gasteiger partial charge in [0.1, 0.15) is 11.8 Å². The largest absolute Gasteiger partial charge is 0.495 e. The fraction of sp³-hybridized carbons (Fsp3) is 0.385. The molecular weight excluding hydrogens is 248 g/mol. The van der Waals surface area contributed by atoms with Crippen LogP contribution in [0, 0.1) is 11.3 Å². The van der Waals surface area contributed by atoms with Crippen molar-refractivity contribution in [3.05, 3.63) is 29.3 Å². The number of carbonyl (C=O) groups excluding carboxylic acids is 1. The van der Waals surface area contributed by atoms with Gasteiger partial charge in [-0.3, -0.25) is 4.79 Å². The fourth-order valence-electron chi connectivity index (χ4n) is 1.43. The Balaban J connectivity index is 2.53. The molecule has 0 unspecified atom stereocenters. The van der Waals surface area contributed by atoms with E-state index in [0.29, 0.717) is 23.6 Å². The minimum atomic E-state index is 0.0445. The van der Waals surface area contributed by atoms with Gasteiger partial charge in [0.15, 0.2) is 0 Å². The molecule has 0 heterocycles. The molecule has 1 aromatic rings. The van der Waals surface area contributed by atoms with E-state index in [1.54, 1.807) is 13.2 Å². The van der Waals surface area contributed by atoms with E-state index >= 15 is 0 Å². The first-order valence-corrected chi connectivity index (χ1v) is 6.78. The maximum atomic E-state index is 11.3. The minimum absolute atomic E-state index is 0.0445. The van der Waals surface area contributed by atoms with Gasteiger partial charge < -0.3 is 10.1 Å². The average Bonchev–Trinajstić information content (AvgIpc) is 2.38. The van der Waals surface area contributed by atoms with Crippen molar-refractivity contribution < 1.29 is 9.53 Å². The van der Waals surface area contributed by atoms with E-state index in [4.69, 9.17) is 10.00 Å². The van der Waals surface area contributed by atoms with Crippen LogP contribution in [0.5, 0.6) is 5.75 Å². The van der Waals surface area contributed by atoms with Crippen molar-refractivity contribution in [2.45, 2.75) is 12.7 Å². The number of thioether (sulfide) groups is 1. The van der Waals surface area contributed by atoms with E-state index in [1.807, 2.05) is 19.1 Å². The average molecular weight is 264 g/mol. The second-order valence-corrected chi connectivity index (χ2v) is 4.58. The van der Waals surface area contributed by atoms with Gasteiger partial charge in [0.2, 0.25) is 5.91 Å². The molecular formula is C13H16N2O2S. The summed E-state index contributed by atoms with van der Waals surface area (Å²) < 4.78 is 5.13. The van der Waals surface area contributed by atoms with Gasteiger partial charge in [0, 0.05) is 12.3 Å². The van der Waals surface area contributed by atoms with E-state index in [1.165, 1.54) is 11.8 Å². The fourth-order valence-corrected chi connectivity index (χ4v) is 2.23. The number of benzene rings is 1. The van der Waals surface area contributed by atoms with E-state index in [0.717, 1.165) is 11.3 Å². The molecule has 1 aromatic carbocycles. The second-order valence-electron chi connectivity index (χ2n) is 3.59. The molecule has 0 bridgehead atoms. The molecule has 0 aromatic heterocycles. The van der Waals surface area contributed by atoms with Crippen molar-refractivity contribution in [3.8, 4) is 11.8 Å². The van der Waals surface area contributed by atoms with Crippen LogP contribution < -0.4 is 10.1 Å². The Morgan fingerprint density at radius 3 is 2.94 bits per heavy atom. The van der Waals surface area contributed by atoms with Crippen molar-refractivity contribution >= 4 is 17.7 Å². The number of hydrogen-bond acceptors (Lipinski definition) is 4. The lowest BCUT2D eigenvalue weighted by atomic mass is 10.1. The third-order valence-corrected chi connectivity index (χ3v) is 3.27. The molecule has 96 valence electrons. The Kier molecular flexibility index (Phi) is 6.09. The highest BCUT2D eigenvalue weighted by Crippen LogP contribution is 2.22. The number of nitriles is 1. The summed E-state index contributed by atoms with van der Waals surface area (Å²) in [5.41, 5.74) is 1.56. The standard InChI is InChI=1S/C13H16N2O2S/c1-3-15-13(16)9-18-8-10-4-5-11(7-14)12(6-10)17-2/h4-6H,3,8-9H2,1-2H3,(H,15,16). The smallest absolute Gasteiger partial charge is 0.229 e. The maximum absolute atomic E-state index is 11.3. The van der Waals surface area contributed by atoms with Gasteiger partial charge in [-0.15, -0.1) is 11.8 Å². The predicted molar refractivity (Wildman–Crippen MR) is 72.6 cm³/mol. The van der Waals surface area contributed by atoms with Gasteiger partial charge in [-0.25, -0.2) is 0 Å². The number of carbonyl (C=O) groups is 1. The molecule has 0 aliphatic rings. The Morgan fingerprint density at radius 1 is 1.56 bits per heavy atom. The molecule has 0 radical (unpaired) electrons. The Bertz CT molecular complexity index is 455. The van der Waals surface area contributed by atoms with Crippen LogP contribution in [-0.2, 0) is 10.5 Å². The van der Waals surface area contributed by atoms with E-state index in [9.17, 15) is 4.79 Å². The van der Waals surface area contributed by atoms with Crippen LogP contribution in [0.3, 0.4) is 0 Å². The normalized spacial score (nSPS) is 9.61. The van der Waals surface area contributed by atoms with Gasteiger partial charge in [-0.1, -0.05) is 6.07 Å². The quantitative estimate of drug-likeness (QED) is 0.853. The first-order chi connectivity index (χ1) is 8.71. The summed E-state index contributed by atoms with van der Waals surface area (Å²) in [7, 11) is 1.54. The molecule has 0 saturated carbocycles. The number of hydrogen-bond donors (Lipinski definition) is 1. The van der Waals surface area contributed by atoms with Crippen LogP contribution in [0.4, 0.5) is 0 Å². The summed E-state index contributed by atoms with van der Waals surface area (Å²) in [5.74, 6) is 1.78. The molecule has 1 amide bonds. The first-order valence-electron chi connectivity index (χ1n) is 5.62. The lowest BCUT2D eigenvalue weighted by Gasteiger charge is -2.06. The maximum Gasteiger partial charge on any atom is 0.229 e. The summed E-state index contributed by atoms with van der Waals surface area (Å²) in [6, 6.07) is 7.52. The predicted octanol–water partition coefficient (Wildman–Crippen LogP) is 1.94. The highest BCUT2D eigenvalue weighted by atomic mass is 32.2. The summed E-state index contributed by atoms with van der Waals surface area (Å²) >= 11 is 1.54. The summed E-state index contributed by atoms with van der Waals surface area (Å²) in [5, 5.41) is 11.6. The second kappa shape index (κ2) is 7.62. The molecule has 0 fully saturated rings. The Morgan fingerprint density at radius 2 is 2.33 bits per heavy atom. The number of rotatable bonds is 6. The minimum Gasteiger partial charge on any atom is -0.495 e. The van der Waals surface area contributed by atoms with Crippen LogP contribution in [0.1, 0.15) is 18.1 Å². The monoisotopic (exact) mass is 264 g/mol. The van der Waals surface area contributed by atoms with Crippen molar-refractivity contribution in [3.63, 3.8) is 0 Å². The Labute approximate surface area is 111 Å². The van der Waals surface area contributed by atoms with E-state index in [-0.39, 0.29) is 5.91 Å². The van der Waals surface area contributed by atoms with Gasteiger partial charge in [0.25, 0.3) is 0 Å². The zero-order valence-electron chi connectivity index (χ0n) is 10.5. The molecule has 0 aliphatic carbocycles. The van der Waals surface area contributed by atoms with Crippen LogP contribution in [0.2, 0.25) is 0 Å². The van der Waals surface area contributed by atoms with Crippen LogP contribution in [0.25, 0.3) is 0 Å². The lowest BCUT2D eigenvalue weighted by Crippen LogP contribution is -2.24. The van der Waals surface area contributed by atoms with Crippen molar-refractivity contribution in [2.24, 2.45) is 0 Å². The van der Waals surface area contributed by atoms with Gasteiger partial charge >= 0.3 is 0 Å². The lowest BCUT2D eigenvalue weighted by molar-refractivity contribution is -0.118. The molecule has 0 aliphatic heterocycles. The first kappa shape index (κ1) is 14.4. The highest BCUT2D eigenvalue weighted by molar-refractivity contribution is 7.99. The molecule has 18 heavy (non-hydrogen) atoms. The summed E-state index contributed by atoms with van der Waals surface area (Å²) in [6.45, 7) is 2.55. The van der Waals surface area contributed by atoms with Gasteiger partial charge in [-0.05, 0) is 24.6 Å². The molecule has 1 N–H and O–H groups in total. The van der Waals surface area contributed by atoms with Crippen LogP contribution >= 0.6 is 11.8 Å². The van der Waals surface area contributed by atoms with Gasteiger partial charge in [0.05, 0.1) is 18.4 Å². The zero-order chi connectivity index (χ0) is 13.4. The number of amides is 1. The summed E-state index contributed by atoms with van der Waals surface area (Å²) in [6.07, 6.45) is 0. The van der Waals surface area contributed by atoms with Crippen molar-refractivity contribution in [1.82, 2.24) is 5.32 Å². The third-order valence-electron chi connectivity index (χ3n) is 2.26. The zero-order valence-corrected chi connectivity index (χ0v) is 11.3. The SMILES string of the molecule is CCNC(=O)CSCc1ccc(C#N)c(OC)c1. The van der Waals surface area contributed by atoms with E-state index < -0.39 is 0 Å². The van der Waals surface area contributed by atoms with Gasteiger partial charge in [-0.2, -0.15) is 5.26 Å². The number of methoxy groups -OCH3 is 1. The number of nitrogens with zero attached hydrogens (tertiary/aromatic N) is 1.